The molecular weight excluding hydrogens is 382 g/mol. The molecule has 0 saturated carbocycles. The molecule has 1 N–H and O–H groups in total. The third-order valence-electron chi connectivity index (χ3n) is 4.95. The molecule has 1 aliphatic rings. The van der Waals surface area contributed by atoms with Crippen molar-refractivity contribution in [1.82, 2.24) is 14.8 Å². The summed E-state index contributed by atoms with van der Waals surface area (Å²) in [6.07, 6.45) is 4.87. The third-order valence-corrected chi connectivity index (χ3v) is 5.28. The number of nitrogens with one attached hydrogen (secondary N) is 1. The summed E-state index contributed by atoms with van der Waals surface area (Å²) in [5, 5.41) is 4.61. The second kappa shape index (κ2) is 8.49. The highest BCUT2D eigenvalue weighted by atomic mass is 32.1. The third kappa shape index (κ3) is 4.03. The van der Waals surface area contributed by atoms with Crippen molar-refractivity contribution in [3.8, 4) is 5.75 Å². The first-order chi connectivity index (χ1) is 14.2. The molecule has 6 heteroatoms. The maximum atomic E-state index is 12.5. The van der Waals surface area contributed by atoms with Crippen LogP contribution in [0.1, 0.15) is 18.9 Å². The standard InChI is InChI=1S/C23H23N3O2S/c1-2-26-22(27)20(24-23(26)29)15-17-16-25(21-12-7-6-11-19(17)21)13-8-14-28-18-9-4-3-5-10-18/h3-7,9-12,15-16H,2,8,13-14H2,1H3,(H,24,29)/b20-15-. The van der Waals surface area contributed by atoms with Gasteiger partial charge in [0.25, 0.3) is 5.91 Å². The number of amides is 1. The van der Waals surface area contributed by atoms with Crippen LogP contribution in [0.5, 0.6) is 5.75 Å². The molecule has 1 amide bonds. The minimum atomic E-state index is -0.0782. The maximum Gasteiger partial charge on any atom is 0.276 e. The lowest BCUT2D eigenvalue weighted by Gasteiger charge is -2.08. The van der Waals surface area contributed by atoms with Crippen molar-refractivity contribution in [2.75, 3.05) is 13.2 Å². The lowest BCUT2D eigenvalue weighted by atomic mass is 10.1. The van der Waals surface area contributed by atoms with E-state index in [0.29, 0.717) is 24.0 Å². The van der Waals surface area contributed by atoms with Gasteiger partial charge in [0.2, 0.25) is 0 Å². The molecule has 148 valence electrons. The highest BCUT2D eigenvalue weighted by molar-refractivity contribution is 7.80. The average molecular weight is 406 g/mol. The largest absolute Gasteiger partial charge is 0.494 e. The van der Waals surface area contributed by atoms with E-state index in [9.17, 15) is 4.79 Å². The molecule has 0 bridgehead atoms. The predicted octanol–water partition coefficient (Wildman–Crippen LogP) is 4.19. The minimum absolute atomic E-state index is 0.0782. The first kappa shape index (κ1) is 19.2. The van der Waals surface area contributed by atoms with Crippen molar-refractivity contribution in [3.63, 3.8) is 0 Å². The van der Waals surface area contributed by atoms with Gasteiger partial charge in [-0.2, -0.15) is 0 Å². The van der Waals surface area contributed by atoms with Gasteiger partial charge in [0, 0.05) is 35.8 Å². The lowest BCUT2D eigenvalue weighted by molar-refractivity contribution is -0.122. The van der Waals surface area contributed by atoms with Gasteiger partial charge in [0.1, 0.15) is 11.4 Å². The van der Waals surface area contributed by atoms with Gasteiger partial charge in [-0.25, -0.2) is 0 Å². The van der Waals surface area contributed by atoms with E-state index in [1.54, 1.807) is 4.90 Å². The van der Waals surface area contributed by atoms with Crippen molar-refractivity contribution < 1.29 is 9.53 Å². The number of benzene rings is 2. The highest BCUT2D eigenvalue weighted by Crippen LogP contribution is 2.25. The van der Waals surface area contributed by atoms with Gasteiger partial charge in [0.05, 0.1) is 6.61 Å². The Morgan fingerprint density at radius 3 is 2.62 bits per heavy atom. The van der Waals surface area contributed by atoms with E-state index in [1.165, 1.54) is 0 Å². The molecule has 0 unspecified atom stereocenters. The smallest absolute Gasteiger partial charge is 0.276 e. The van der Waals surface area contributed by atoms with Crippen LogP contribution in [-0.4, -0.2) is 33.6 Å². The summed E-state index contributed by atoms with van der Waals surface area (Å²) in [7, 11) is 0. The van der Waals surface area contributed by atoms with Crippen molar-refractivity contribution in [3.05, 3.63) is 72.1 Å². The Morgan fingerprint density at radius 1 is 1.10 bits per heavy atom. The summed E-state index contributed by atoms with van der Waals surface area (Å²) in [5.41, 5.74) is 2.66. The van der Waals surface area contributed by atoms with Crippen molar-refractivity contribution in [2.24, 2.45) is 0 Å². The molecule has 4 rings (SSSR count). The number of rotatable bonds is 7. The van der Waals surface area contributed by atoms with Gasteiger partial charge in [-0.15, -0.1) is 0 Å². The van der Waals surface area contributed by atoms with Crippen LogP contribution in [0.2, 0.25) is 0 Å². The van der Waals surface area contributed by atoms with Crippen LogP contribution < -0.4 is 10.1 Å². The van der Waals surface area contributed by atoms with Crippen LogP contribution in [0.4, 0.5) is 0 Å². The van der Waals surface area contributed by atoms with Crippen molar-refractivity contribution in [2.45, 2.75) is 19.9 Å². The fraction of sp³-hybridized carbons (Fsp3) is 0.217. The fourth-order valence-electron chi connectivity index (χ4n) is 3.53. The Bertz CT molecular complexity index is 1070. The highest BCUT2D eigenvalue weighted by Gasteiger charge is 2.29. The van der Waals surface area contributed by atoms with E-state index in [-0.39, 0.29) is 5.91 Å². The molecule has 1 aliphatic heterocycles. The summed E-state index contributed by atoms with van der Waals surface area (Å²) >= 11 is 5.26. The van der Waals surface area contributed by atoms with Crippen LogP contribution in [0.15, 0.2) is 66.5 Å². The van der Waals surface area contributed by atoms with Gasteiger partial charge >= 0.3 is 0 Å². The number of fused-ring (bicyclic) bond motifs is 1. The number of ether oxygens (including phenoxy) is 1. The summed E-state index contributed by atoms with van der Waals surface area (Å²) in [4.78, 5) is 14.1. The fourth-order valence-corrected chi connectivity index (χ4v) is 3.85. The van der Waals surface area contributed by atoms with Crippen LogP contribution >= 0.6 is 12.2 Å². The van der Waals surface area contributed by atoms with Crippen molar-refractivity contribution >= 4 is 40.2 Å². The molecule has 3 aromatic rings. The zero-order valence-corrected chi connectivity index (χ0v) is 17.1. The van der Waals surface area contributed by atoms with Gasteiger partial charge in [-0.05, 0) is 49.8 Å². The van der Waals surface area contributed by atoms with Gasteiger partial charge < -0.3 is 14.6 Å². The van der Waals surface area contributed by atoms with Crippen molar-refractivity contribution in [1.29, 1.82) is 0 Å². The number of likely N-dealkylation sites (N-methyl/N-ethyl adjacent to an activating group) is 1. The molecule has 0 aliphatic carbocycles. The Morgan fingerprint density at radius 2 is 1.86 bits per heavy atom. The second-order valence-corrected chi connectivity index (χ2v) is 7.23. The Labute approximate surface area is 175 Å². The van der Waals surface area contributed by atoms with E-state index in [2.05, 4.69) is 28.2 Å². The lowest BCUT2D eigenvalue weighted by Crippen LogP contribution is -2.30. The molecule has 0 spiro atoms. The average Bonchev–Trinajstić information content (AvgIpc) is 3.23. The number of hydrogen-bond donors (Lipinski definition) is 1. The minimum Gasteiger partial charge on any atom is -0.494 e. The Balaban J connectivity index is 1.52. The van der Waals surface area contributed by atoms with E-state index in [4.69, 9.17) is 17.0 Å². The van der Waals surface area contributed by atoms with Gasteiger partial charge in [-0.3, -0.25) is 9.69 Å². The monoisotopic (exact) mass is 405 g/mol. The van der Waals surface area contributed by atoms with Gasteiger partial charge in [0.15, 0.2) is 5.11 Å². The van der Waals surface area contributed by atoms with E-state index in [1.807, 2.05) is 55.5 Å². The molecule has 0 atom stereocenters. The Kier molecular flexibility index (Phi) is 5.62. The summed E-state index contributed by atoms with van der Waals surface area (Å²) in [5.74, 6) is 0.808. The van der Waals surface area contributed by atoms with E-state index in [0.717, 1.165) is 35.2 Å². The zero-order chi connectivity index (χ0) is 20.2. The quantitative estimate of drug-likeness (QED) is 0.364. The molecule has 1 fully saturated rings. The number of aryl methyl sites for hydroxylation is 1. The molecular formula is C23H23N3O2S. The van der Waals surface area contributed by atoms with Crippen LogP contribution in [-0.2, 0) is 11.3 Å². The molecule has 29 heavy (non-hydrogen) atoms. The summed E-state index contributed by atoms with van der Waals surface area (Å²) < 4.78 is 8.02. The van der Waals surface area contributed by atoms with Crippen LogP contribution in [0.25, 0.3) is 17.0 Å². The molecule has 1 saturated heterocycles. The van der Waals surface area contributed by atoms with Gasteiger partial charge in [-0.1, -0.05) is 36.4 Å². The molecule has 2 heterocycles. The zero-order valence-electron chi connectivity index (χ0n) is 16.3. The number of aromatic nitrogens is 1. The Hall–Kier alpha value is -3.12. The molecule has 1 aromatic heterocycles. The van der Waals surface area contributed by atoms with E-state index < -0.39 is 0 Å². The van der Waals surface area contributed by atoms with Crippen LogP contribution in [0, 0.1) is 0 Å². The molecule has 0 radical (unpaired) electrons. The number of nitrogens with zero attached hydrogens (tertiary/aromatic N) is 2. The topological polar surface area (TPSA) is 46.5 Å². The van der Waals surface area contributed by atoms with E-state index >= 15 is 0 Å². The maximum absolute atomic E-state index is 12.5. The number of carbonyl (C=O) groups excluding carboxylic acids is 1. The first-order valence-corrected chi connectivity index (χ1v) is 10.2. The second-order valence-electron chi connectivity index (χ2n) is 6.85. The number of carbonyl (C=O) groups is 1. The normalized spacial score (nSPS) is 15.3. The number of hydrogen-bond acceptors (Lipinski definition) is 3. The molecule has 5 nitrogen and oxygen atoms in total. The SMILES string of the molecule is CCN1C(=O)/C(=C/c2cn(CCCOc3ccccc3)c3ccccc23)NC1=S. The summed E-state index contributed by atoms with van der Waals surface area (Å²) in [6.45, 7) is 3.95. The summed E-state index contributed by atoms with van der Waals surface area (Å²) in [6, 6.07) is 18.1. The predicted molar refractivity (Wildman–Crippen MR) is 120 cm³/mol. The van der Waals surface area contributed by atoms with Crippen LogP contribution in [0.3, 0.4) is 0 Å². The molecule has 2 aromatic carbocycles. The number of thiocarbonyl (C=S) groups is 1. The first-order valence-electron chi connectivity index (χ1n) is 9.77. The number of para-hydroxylation sites is 2.